The van der Waals surface area contributed by atoms with E-state index in [1.165, 1.54) is 0 Å². The van der Waals surface area contributed by atoms with Gasteiger partial charge in [0.2, 0.25) is 0 Å². The van der Waals surface area contributed by atoms with Crippen LogP contribution >= 0.6 is 12.8 Å². The van der Waals surface area contributed by atoms with Crippen molar-refractivity contribution in [3.05, 3.63) is 0 Å². The van der Waals surface area contributed by atoms with Crippen LogP contribution in [0.1, 0.15) is 13.8 Å². The van der Waals surface area contributed by atoms with Crippen LogP contribution in [0.25, 0.3) is 0 Å². The maximum atomic E-state index is 4.21. The average Bonchev–Trinajstić information content (AvgIpc) is 2.00. The Hall–Kier alpha value is 0.270. The van der Waals surface area contributed by atoms with Crippen LogP contribution in [-0.4, -0.2) is 42.4 Å². The molecule has 1 fully saturated rings. The van der Waals surface area contributed by atoms with Gasteiger partial charge in [0.25, 0.3) is 0 Å². The summed E-state index contributed by atoms with van der Waals surface area (Å²) in [5, 5.41) is 0. The highest BCUT2D eigenvalue weighted by atomic mass is 32.1. The Kier molecular flexibility index (Phi) is 6.17. The van der Waals surface area contributed by atoms with E-state index >= 15 is 0 Å². The van der Waals surface area contributed by atoms with Crippen molar-refractivity contribution in [2.24, 2.45) is 0 Å². The first kappa shape index (κ1) is 10.3. The second-order valence-corrected chi connectivity index (χ2v) is 2.82. The fourth-order valence-corrected chi connectivity index (χ4v) is 0.975. The zero-order valence-electron chi connectivity index (χ0n) is 7.17. The highest BCUT2D eigenvalue weighted by Crippen LogP contribution is 1.99. The van der Waals surface area contributed by atoms with Crippen LogP contribution in [-0.2, 0) is 0 Å². The molecule has 1 saturated heterocycles. The van der Waals surface area contributed by atoms with Crippen molar-refractivity contribution < 1.29 is 0 Å². The van der Waals surface area contributed by atoms with Crippen LogP contribution < -0.4 is 0 Å². The average molecular weight is 162 g/mol. The van der Waals surface area contributed by atoms with Gasteiger partial charge >= 0.3 is 0 Å². The molecule has 1 heterocycles. The molecule has 0 atom stereocenters. The van der Waals surface area contributed by atoms with E-state index in [9.17, 15) is 0 Å². The summed E-state index contributed by atoms with van der Waals surface area (Å²) in [6, 6.07) is 0. The topological polar surface area (TPSA) is 6.48 Å². The molecule has 0 aromatic rings. The number of likely N-dealkylation sites (N-methyl/N-ethyl adjacent to an activating group) is 1. The molecule has 3 heteroatoms. The zero-order chi connectivity index (χ0) is 7.98. The molecule has 10 heavy (non-hydrogen) atoms. The molecule has 0 bridgehead atoms. The van der Waals surface area contributed by atoms with Crippen molar-refractivity contribution >= 4 is 12.8 Å². The van der Waals surface area contributed by atoms with E-state index in [-0.39, 0.29) is 0 Å². The molecule has 0 unspecified atom stereocenters. The van der Waals surface area contributed by atoms with Gasteiger partial charge in [-0.25, -0.2) is 0 Å². The van der Waals surface area contributed by atoms with Gasteiger partial charge in [0, 0.05) is 26.2 Å². The van der Waals surface area contributed by atoms with E-state index in [2.05, 4.69) is 29.1 Å². The van der Waals surface area contributed by atoms with Gasteiger partial charge in [-0.3, -0.25) is 4.31 Å². The smallest absolute Gasteiger partial charge is 0.0215 e. The van der Waals surface area contributed by atoms with Crippen LogP contribution in [0.3, 0.4) is 0 Å². The Morgan fingerprint density at radius 1 is 1.00 bits per heavy atom. The molecule has 1 aliphatic rings. The summed E-state index contributed by atoms with van der Waals surface area (Å²) < 4.78 is 2.06. The lowest BCUT2D eigenvalue weighted by atomic mass is 10.4. The largest absolute Gasteiger partial charge is 0.304 e. The van der Waals surface area contributed by atoms with Crippen molar-refractivity contribution in [3.8, 4) is 0 Å². The Labute approximate surface area is 69.7 Å². The molecule has 0 spiro atoms. The quantitative estimate of drug-likeness (QED) is 0.533. The number of piperazine rings is 1. The molecule has 62 valence electrons. The van der Waals surface area contributed by atoms with Crippen molar-refractivity contribution in [1.82, 2.24) is 9.21 Å². The minimum absolute atomic E-state index is 1.10. The molecular weight excluding hydrogens is 144 g/mol. The second-order valence-electron chi connectivity index (χ2n) is 2.26. The molecule has 0 amide bonds. The molecule has 0 radical (unpaired) electrons. The van der Waals surface area contributed by atoms with Crippen molar-refractivity contribution in [2.45, 2.75) is 13.8 Å². The summed E-state index contributed by atoms with van der Waals surface area (Å²) in [5.74, 6) is 0. The number of thiol groups is 1. The van der Waals surface area contributed by atoms with Gasteiger partial charge in [0.1, 0.15) is 0 Å². The van der Waals surface area contributed by atoms with Crippen LogP contribution in [0.4, 0.5) is 0 Å². The summed E-state index contributed by atoms with van der Waals surface area (Å²) in [4.78, 5) is 2.31. The van der Waals surface area contributed by atoms with Gasteiger partial charge < -0.3 is 4.90 Å². The van der Waals surface area contributed by atoms with Gasteiger partial charge in [0.05, 0.1) is 0 Å². The zero-order valence-corrected chi connectivity index (χ0v) is 8.06. The van der Waals surface area contributed by atoms with Crippen molar-refractivity contribution in [2.75, 3.05) is 33.2 Å². The summed E-state index contributed by atoms with van der Waals surface area (Å²) >= 11 is 4.21. The van der Waals surface area contributed by atoms with E-state index in [1.54, 1.807) is 0 Å². The first-order valence-corrected chi connectivity index (χ1v) is 4.31. The second kappa shape index (κ2) is 6.01. The third-order valence-corrected chi connectivity index (χ3v) is 1.88. The summed E-state index contributed by atoms with van der Waals surface area (Å²) in [7, 11) is 2.14. The van der Waals surface area contributed by atoms with Crippen LogP contribution in [0.2, 0.25) is 0 Å². The van der Waals surface area contributed by atoms with Gasteiger partial charge in [-0.2, -0.15) is 0 Å². The molecule has 0 N–H and O–H groups in total. The van der Waals surface area contributed by atoms with Crippen LogP contribution in [0.15, 0.2) is 0 Å². The van der Waals surface area contributed by atoms with Gasteiger partial charge in [-0.05, 0) is 7.05 Å². The van der Waals surface area contributed by atoms with E-state index in [0.717, 1.165) is 26.2 Å². The predicted octanol–water partition coefficient (Wildman–Crippen LogP) is 1.10. The van der Waals surface area contributed by atoms with Crippen molar-refractivity contribution in [1.29, 1.82) is 0 Å². The van der Waals surface area contributed by atoms with Gasteiger partial charge in [-0.1, -0.05) is 26.7 Å². The molecular formula is C7H18N2S. The molecule has 0 aliphatic carbocycles. The summed E-state index contributed by atoms with van der Waals surface area (Å²) in [6.45, 7) is 8.51. The van der Waals surface area contributed by atoms with Gasteiger partial charge in [0.15, 0.2) is 0 Å². The van der Waals surface area contributed by atoms with E-state index in [1.807, 2.05) is 13.8 Å². The molecule has 1 aliphatic heterocycles. The first-order chi connectivity index (χ1) is 4.79. The molecule has 0 aromatic carbocycles. The fourth-order valence-electron chi connectivity index (χ4n) is 0.796. The fraction of sp³-hybridized carbons (Fsp3) is 1.00. The molecule has 1 rings (SSSR count). The van der Waals surface area contributed by atoms with E-state index in [4.69, 9.17) is 0 Å². The third-order valence-electron chi connectivity index (χ3n) is 1.48. The van der Waals surface area contributed by atoms with Crippen LogP contribution in [0.5, 0.6) is 0 Å². The monoisotopic (exact) mass is 162 g/mol. The highest BCUT2D eigenvalue weighted by Gasteiger charge is 2.08. The standard InChI is InChI=1S/C5H12N2S.C2H6/c1-6-2-4-7(8)5-3-6;1-2/h8H,2-5H2,1H3;1-2H3. The number of hydrogen-bond acceptors (Lipinski definition) is 3. The Morgan fingerprint density at radius 3 is 1.70 bits per heavy atom. The minimum atomic E-state index is 1.10. The number of hydrogen-bond donors (Lipinski definition) is 1. The third kappa shape index (κ3) is 4.14. The Bertz CT molecular complexity index is 60.0. The Morgan fingerprint density at radius 2 is 1.40 bits per heavy atom. The lowest BCUT2D eigenvalue weighted by molar-refractivity contribution is 0.235. The lowest BCUT2D eigenvalue weighted by Gasteiger charge is -2.27. The maximum Gasteiger partial charge on any atom is 0.0215 e. The normalized spacial score (nSPS) is 21.6. The lowest BCUT2D eigenvalue weighted by Crippen LogP contribution is -2.39. The Balaban J connectivity index is 0.000000371. The number of nitrogens with zero attached hydrogens (tertiary/aromatic N) is 2. The highest BCUT2D eigenvalue weighted by molar-refractivity contribution is 7.77. The van der Waals surface area contributed by atoms with Crippen LogP contribution in [0, 0.1) is 0 Å². The summed E-state index contributed by atoms with van der Waals surface area (Å²) in [6.07, 6.45) is 0. The minimum Gasteiger partial charge on any atom is -0.304 e. The first-order valence-electron chi connectivity index (χ1n) is 3.91. The molecule has 0 aromatic heterocycles. The molecule has 2 nitrogen and oxygen atoms in total. The summed E-state index contributed by atoms with van der Waals surface area (Å²) in [5.41, 5.74) is 0. The van der Waals surface area contributed by atoms with E-state index in [0.29, 0.717) is 0 Å². The van der Waals surface area contributed by atoms with E-state index < -0.39 is 0 Å². The van der Waals surface area contributed by atoms with Crippen molar-refractivity contribution in [3.63, 3.8) is 0 Å². The predicted molar refractivity (Wildman–Crippen MR) is 49.4 cm³/mol. The van der Waals surface area contributed by atoms with Gasteiger partial charge in [-0.15, -0.1) is 0 Å². The number of rotatable bonds is 0. The SMILES string of the molecule is CC.CN1CCN(S)CC1. The molecule has 0 saturated carbocycles. The maximum absolute atomic E-state index is 4.21.